The van der Waals surface area contributed by atoms with Gasteiger partial charge in [0.1, 0.15) is 24.6 Å². The molecule has 0 bridgehead atoms. The van der Waals surface area contributed by atoms with Gasteiger partial charge in [-0.15, -0.1) is 0 Å². The molecule has 1 saturated heterocycles. The molecule has 4 rings (SSSR count). The summed E-state index contributed by atoms with van der Waals surface area (Å²) in [5.41, 5.74) is 3.67. The van der Waals surface area contributed by atoms with Gasteiger partial charge in [-0.3, -0.25) is 19.2 Å². The molecule has 232 valence electrons. The van der Waals surface area contributed by atoms with Crippen molar-refractivity contribution in [3.63, 3.8) is 0 Å². The predicted molar refractivity (Wildman–Crippen MR) is 151 cm³/mol. The van der Waals surface area contributed by atoms with Crippen molar-refractivity contribution in [1.82, 2.24) is 0 Å². The minimum absolute atomic E-state index is 0.330. The summed E-state index contributed by atoms with van der Waals surface area (Å²) in [6.07, 6.45) is -5.68. The van der Waals surface area contributed by atoms with E-state index in [0.717, 1.165) is 16.7 Å². The Bertz CT molecular complexity index is 1370. The minimum atomic E-state index is -1.30. The van der Waals surface area contributed by atoms with E-state index >= 15 is 0 Å². The first-order valence-electron chi connectivity index (χ1n) is 13.9. The van der Waals surface area contributed by atoms with Crippen LogP contribution in [0.4, 0.5) is 0 Å². The standard InChI is InChI=1S/C31H35ClO11/c1-15(33)21-8-6-20(7-9-21)12-22-13-24(23-10-11-38-27(23)26(22)32)28-30(41-18(4)36)31(42-19(5)37)29(40-17(3)35)25(43-28)14-39-16(2)34/h6-9,13,15,25,28-31,33H,10-12,14H2,1-5H3/t15?,25-,28+,29-,30+,31+/m1/s1. The van der Waals surface area contributed by atoms with Gasteiger partial charge in [0.25, 0.3) is 0 Å². The monoisotopic (exact) mass is 618 g/mol. The summed E-state index contributed by atoms with van der Waals surface area (Å²) in [7, 11) is 0. The lowest BCUT2D eigenvalue weighted by atomic mass is 9.86. The lowest BCUT2D eigenvalue weighted by Gasteiger charge is -2.45. The molecule has 2 aliphatic rings. The fraction of sp³-hybridized carbons (Fsp3) is 0.484. The SMILES string of the molecule is CC(=O)OC[C@H]1O[C@@H](c2cc(Cc3ccc(C(C)O)cc3)c(Cl)c3c2CCO3)[C@H](OC(C)=O)[C@@H](OC(C)=O)[C@@H]1OC(C)=O. The lowest BCUT2D eigenvalue weighted by molar-refractivity contribution is -0.254. The Labute approximate surface area is 254 Å². The van der Waals surface area contributed by atoms with E-state index in [1.807, 2.05) is 30.3 Å². The number of benzene rings is 2. The summed E-state index contributed by atoms with van der Waals surface area (Å²) in [5.74, 6) is -2.24. The van der Waals surface area contributed by atoms with Gasteiger partial charge in [-0.2, -0.15) is 0 Å². The van der Waals surface area contributed by atoms with Gasteiger partial charge in [0.05, 0.1) is 17.7 Å². The Kier molecular flexibility index (Phi) is 10.3. The number of carbonyl (C=O) groups is 4. The van der Waals surface area contributed by atoms with Crippen LogP contribution in [0.2, 0.25) is 5.02 Å². The third-order valence-electron chi connectivity index (χ3n) is 7.19. The maximum Gasteiger partial charge on any atom is 0.303 e. The maximum atomic E-state index is 12.4. The molecule has 2 heterocycles. The number of halogens is 1. The van der Waals surface area contributed by atoms with Gasteiger partial charge in [-0.25, -0.2) is 0 Å². The second kappa shape index (κ2) is 13.7. The van der Waals surface area contributed by atoms with Gasteiger partial charge in [0.15, 0.2) is 18.3 Å². The Hall–Kier alpha value is -3.67. The van der Waals surface area contributed by atoms with Crippen molar-refractivity contribution in [3.8, 4) is 5.75 Å². The molecule has 0 amide bonds. The first kappa shape index (κ1) is 32.2. The summed E-state index contributed by atoms with van der Waals surface area (Å²) in [4.78, 5) is 48.4. The zero-order valence-electron chi connectivity index (χ0n) is 24.6. The van der Waals surface area contributed by atoms with Crippen LogP contribution in [0.1, 0.15) is 74.6 Å². The molecule has 0 saturated carbocycles. The summed E-state index contributed by atoms with van der Waals surface area (Å²) >= 11 is 6.83. The Morgan fingerprint density at radius 2 is 1.53 bits per heavy atom. The molecule has 0 radical (unpaired) electrons. The summed E-state index contributed by atoms with van der Waals surface area (Å²) in [6, 6.07) is 9.27. The van der Waals surface area contributed by atoms with E-state index in [1.165, 1.54) is 27.7 Å². The minimum Gasteiger partial charge on any atom is -0.491 e. The quantitative estimate of drug-likeness (QED) is 0.324. The molecule has 0 aromatic heterocycles. The number of rotatable bonds is 9. The van der Waals surface area contributed by atoms with Crippen LogP contribution in [0.3, 0.4) is 0 Å². The smallest absolute Gasteiger partial charge is 0.303 e. The number of fused-ring (bicyclic) bond motifs is 1. The molecule has 2 aromatic carbocycles. The number of ether oxygens (including phenoxy) is 6. The molecule has 12 heteroatoms. The van der Waals surface area contributed by atoms with E-state index in [0.29, 0.717) is 41.3 Å². The van der Waals surface area contributed by atoms with Crippen molar-refractivity contribution < 1.29 is 52.7 Å². The second-order valence-corrected chi connectivity index (χ2v) is 10.9. The van der Waals surface area contributed by atoms with Gasteiger partial charge < -0.3 is 33.5 Å². The van der Waals surface area contributed by atoms with Crippen molar-refractivity contribution >= 4 is 35.5 Å². The molecule has 0 spiro atoms. The van der Waals surface area contributed by atoms with Crippen molar-refractivity contribution in [2.75, 3.05) is 13.2 Å². The molecule has 2 aromatic rings. The molecule has 0 aliphatic carbocycles. The topological polar surface area (TPSA) is 144 Å². The molecule has 1 N–H and O–H groups in total. The molecule has 2 aliphatic heterocycles. The zero-order valence-corrected chi connectivity index (χ0v) is 25.3. The van der Waals surface area contributed by atoms with Crippen molar-refractivity contribution in [2.24, 2.45) is 0 Å². The highest BCUT2D eigenvalue weighted by molar-refractivity contribution is 6.33. The van der Waals surface area contributed by atoms with Crippen LogP contribution in [0, 0.1) is 0 Å². The van der Waals surface area contributed by atoms with E-state index < -0.39 is 60.5 Å². The fourth-order valence-corrected chi connectivity index (χ4v) is 5.70. The number of aliphatic hydroxyl groups is 1. The van der Waals surface area contributed by atoms with E-state index in [1.54, 1.807) is 6.92 Å². The normalized spacial score (nSPS) is 23.4. The van der Waals surface area contributed by atoms with E-state index in [2.05, 4.69) is 0 Å². The third-order valence-corrected chi connectivity index (χ3v) is 7.60. The van der Waals surface area contributed by atoms with Crippen LogP contribution in [0.15, 0.2) is 30.3 Å². The van der Waals surface area contributed by atoms with Crippen LogP contribution in [0.25, 0.3) is 0 Å². The summed E-state index contributed by atoms with van der Waals surface area (Å²) in [5, 5.41) is 10.3. The molecular formula is C31H35ClO11. The van der Waals surface area contributed by atoms with Crippen molar-refractivity contribution in [2.45, 2.75) is 84.1 Å². The van der Waals surface area contributed by atoms with E-state index in [-0.39, 0.29) is 6.61 Å². The maximum absolute atomic E-state index is 12.4. The van der Waals surface area contributed by atoms with Crippen molar-refractivity contribution in [1.29, 1.82) is 0 Å². The number of hydrogen-bond donors (Lipinski definition) is 1. The number of carbonyl (C=O) groups excluding carboxylic acids is 4. The largest absolute Gasteiger partial charge is 0.491 e. The Balaban J connectivity index is 1.83. The number of esters is 4. The predicted octanol–water partition coefficient (Wildman–Crippen LogP) is 3.72. The highest BCUT2D eigenvalue weighted by Gasteiger charge is 2.53. The van der Waals surface area contributed by atoms with Crippen LogP contribution in [-0.2, 0) is 55.7 Å². The Morgan fingerprint density at radius 3 is 2.12 bits per heavy atom. The van der Waals surface area contributed by atoms with Gasteiger partial charge >= 0.3 is 23.9 Å². The van der Waals surface area contributed by atoms with Gasteiger partial charge in [-0.05, 0) is 35.6 Å². The zero-order chi connectivity index (χ0) is 31.4. The summed E-state index contributed by atoms with van der Waals surface area (Å²) < 4.78 is 34.4. The lowest BCUT2D eigenvalue weighted by Crippen LogP contribution is -2.59. The van der Waals surface area contributed by atoms with Crippen LogP contribution < -0.4 is 4.74 Å². The van der Waals surface area contributed by atoms with E-state index in [4.69, 9.17) is 40.0 Å². The van der Waals surface area contributed by atoms with Crippen molar-refractivity contribution in [3.05, 3.63) is 63.2 Å². The number of aliphatic hydroxyl groups excluding tert-OH is 1. The van der Waals surface area contributed by atoms with Gasteiger partial charge in [0, 0.05) is 39.7 Å². The first-order chi connectivity index (χ1) is 20.3. The first-order valence-corrected chi connectivity index (χ1v) is 14.3. The molecule has 6 atom stereocenters. The summed E-state index contributed by atoms with van der Waals surface area (Å²) in [6.45, 7) is 6.47. The highest BCUT2D eigenvalue weighted by Crippen LogP contribution is 2.46. The molecule has 43 heavy (non-hydrogen) atoms. The van der Waals surface area contributed by atoms with E-state index in [9.17, 15) is 24.3 Å². The van der Waals surface area contributed by atoms with Crippen LogP contribution in [-0.4, -0.2) is 66.6 Å². The second-order valence-electron chi connectivity index (χ2n) is 10.6. The molecular weight excluding hydrogens is 584 g/mol. The van der Waals surface area contributed by atoms with Gasteiger partial charge in [-0.1, -0.05) is 41.9 Å². The third kappa shape index (κ3) is 7.65. The van der Waals surface area contributed by atoms with Crippen LogP contribution >= 0.6 is 11.6 Å². The number of hydrogen-bond acceptors (Lipinski definition) is 11. The average Bonchev–Trinajstić information content (AvgIpc) is 3.42. The molecule has 1 unspecified atom stereocenters. The average molecular weight is 619 g/mol. The molecule has 11 nitrogen and oxygen atoms in total. The Morgan fingerprint density at radius 1 is 0.930 bits per heavy atom. The van der Waals surface area contributed by atoms with Crippen LogP contribution in [0.5, 0.6) is 5.75 Å². The molecule has 1 fully saturated rings. The van der Waals surface area contributed by atoms with Gasteiger partial charge in [0.2, 0.25) is 0 Å². The fourth-order valence-electron chi connectivity index (χ4n) is 5.41. The highest BCUT2D eigenvalue weighted by atomic mass is 35.5.